The lowest BCUT2D eigenvalue weighted by Gasteiger charge is -2.12. The Morgan fingerprint density at radius 3 is 2.70 bits per heavy atom. The minimum absolute atomic E-state index is 0.145. The highest BCUT2D eigenvalue weighted by atomic mass is 19.3. The summed E-state index contributed by atoms with van der Waals surface area (Å²) in [7, 11) is 0. The van der Waals surface area contributed by atoms with E-state index in [-0.39, 0.29) is 5.75 Å². The SMILES string of the molecule is N#Cc1cccc(NCc2ccccc2OC(F)F)c1. The fraction of sp³-hybridized carbons (Fsp3) is 0.133. The summed E-state index contributed by atoms with van der Waals surface area (Å²) in [5, 5.41) is 11.9. The van der Waals surface area contributed by atoms with Gasteiger partial charge in [0.15, 0.2) is 0 Å². The fourth-order valence-electron chi connectivity index (χ4n) is 1.76. The Morgan fingerprint density at radius 1 is 1.15 bits per heavy atom. The van der Waals surface area contributed by atoms with Crippen molar-refractivity contribution in [3.8, 4) is 11.8 Å². The number of alkyl halides is 2. The van der Waals surface area contributed by atoms with E-state index in [0.29, 0.717) is 17.7 Å². The van der Waals surface area contributed by atoms with Crippen molar-refractivity contribution in [3.05, 3.63) is 59.7 Å². The molecule has 1 N–H and O–H groups in total. The van der Waals surface area contributed by atoms with E-state index in [4.69, 9.17) is 5.26 Å². The molecule has 0 saturated carbocycles. The molecule has 102 valence electrons. The van der Waals surface area contributed by atoms with E-state index < -0.39 is 6.61 Å². The molecule has 0 saturated heterocycles. The molecule has 0 aliphatic carbocycles. The maximum atomic E-state index is 12.3. The van der Waals surface area contributed by atoms with Crippen molar-refractivity contribution in [2.75, 3.05) is 5.32 Å². The summed E-state index contributed by atoms with van der Waals surface area (Å²) >= 11 is 0. The van der Waals surface area contributed by atoms with Gasteiger partial charge in [0, 0.05) is 17.8 Å². The monoisotopic (exact) mass is 274 g/mol. The maximum absolute atomic E-state index is 12.3. The molecule has 0 aliphatic heterocycles. The third-order valence-electron chi connectivity index (χ3n) is 2.66. The zero-order chi connectivity index (χ0) is 14.4. The second kappa shape index (κ2) is 6.53. The van der Waals surface area contributed by atoms with Crippen molar-refractivity contribution >= 4 is 5.69 Å². The van der Waals surface area contributed by atoms with Gasteiger partial charge in [-0.15, -0.1) is 0 Å². The van der Waals surface area contributed by atoms with Gasteiger partial charge in [-0.2, -0.15) is 14.0 Å². The van der Waals surface area contributed by atoms with Gasteiger partial charge in [-0.3, -0.25) is 0 Å². The molecule has 0 bridgehead atoms. The normalized spacial score (nSPS) is 10.1. The molecule has 2 aromatic rings. The standard InChI is InChI=1S/C15H12F2N2O/c16-15(17)20-14-7-2-1-5-12(14)10-19-13-6-3-4-11(8-13)9-18/h1-8,15,19H,10H2. The molecule has 2 aromatic carbocycles. The van der Waals surface area contributed by atoms with Crippen LogP contribution >= 0.6 is 0 Å². The van der Waals surface area contributed by atoms with Crippen molar-refractivity contribution < 1.29 is 13.5 Å². The summed E-state index contributed by atoms with van der Waals surface area (Å²) < 4.78 is 29.0. The Kier molecular flexibility index (Phi) is 4.51. The Labute approximate surface area is 115 Å². The van der Waals surface area contributed by atoms with Crippen LogP contribution in [0.3, 0.4) is 0 Å². The van der Waals surface area contributed by atoms with Crippen LogP contribution < -0.4 is 10.1 Å². The quantitative estimate of drug-likeness (QED) is 0.902. The predicted molar refractivity (Wildman–Crippen MR) is 71.6 cm³/mol. The van der Waals surface area contributed by atoms with Crippen LogP contribution in [0.15, 0.2) is 48.5 Å². The molecule has 3 nitrogen and oxygen atoms in total. The summed E-state index contributed by atoms with van der Waals surface area (Å²) in [6, 6.07) is 15.6. The van der Waals surface area contributed by atoms with E-state index in [1.54, 1.807) is 42.5 Å². The lowest BCUT2D eigenvalue weighted by molar-refractivity contribution is -0.0504. The molecule has 0 amide bonds. The largest absolute Gasteiger partial charge is 0.434 e. The molecule has 0 heterocycles. The average molecular weight is 274 g/mol. The molecule has 0 aromatic heterocycles. The first-order chi connectivity index (χ1) is 9.69. The zero-order valence-corrected chi connectivity index (χ0v) is 10.5. The Bertz CT molecular complexity index is 623. The number of nitrogens with zero attached hydrogens (tertiary/aromatic N) is 1. The molecule has 0 aliphatic rings. The van der Waals surface area contributed by atoms with Crippen molar-refractivity contribution in [3.63, 3.8) is 0 Å². The summed E-state index contributed by atoms with van der Waals surface area (Å²) in [5.41, 5.74) is 1.90. The Balaban J connectivity index is 2.09. The van der Waals surface area contributed by atoms with Crippen LogP contribution in [0.2, 0.25) is 0 Å². The van der Waals surface area contributed by atoms with Crippen LogP contribution in [0.4, 0.5) is 14.5 Å². The number of nitriles is 1. The van der Waals surface area contributed by atoms with E-state index >= 15 is 0 Å². The maximum Gasteiger partial charge on any atom is 0.387 e. The number of nitrogens with one attached hydrogen (secondary N) is 1. The van der Waals surface area contributed by atoms with E-state index in [0.717, 1.165) is 5.69 Å². The van der Waals surface area contributed by atoms with Gasteiger partial charge in [0.25, 0.3) is 0 Å². The number of anilines is 1. The van der Waals surface area contributed by atoms with Crippen molar-refractivity contribution in [1.82, 2.24) is 0 Å². The van der Waals surface area contributed by atoms with Gasteiger partial charge in [-0.1, -0.05) is 24.3 Å². The number of rotatable bonds is 5. The number of para-hydroxylation sites is 1. The van der Waals surface area contributed by atoms with E-state index in [1.807, 2.05) is 6.07 Å². The molecular formula is C15H12F2N2O. The minimum Gasteiger partial charge on any atom is -0.434 e. The van der Waals surface area contributed by atoms with Crippen LogP contribution in [0.1, 0.15) is 11.1 Å². The molecule has 20 heavy (non-hydrogen) atoms. The third-order valence-corrected chi connectivity index (χ3v) is 2.66. The number of benzene rings is 2. The summed E-state index contributed by atoms with van der Waals surface area (Å²) in [5.74, 6) is 0.145. The highest BCUT2D eigenvalue weighted by Crippen LogP contribution is 2.21. The molecule has 0 atom stereocenters. The molecule has 2 rings (SSSR count). The molecule has 0 fully saturated rings. The van der Waals surface area contributed by atoms with Crippen molar-refractivity contribution in [2.45, 2.75) is 13.2 Å². The van der Waals surface area contributed by atoms with Crippen LogP contribution in [0, 0.1) is 11.3 Å². The Hall–Kier alpha value is -2.61. The number of hydrogen-bond acceptors (Lipinski definition) is 3. The van der Waals surface area contributed by atoms with Crippen molar-refractivity contribution in [1.29, 1.82) is 5.26 Å². The van der Waals surface area contributed by atoms with Crippen LogP contribution in [0.5, 0.6) is 5.75 Å². The number of ether oxygens (including phenoxy) is 1. The van der Waals surface area contributed by atoms with Gasteiger partial charge in [0.05, 0.1) is 11.6 Å². The fourth-order valence-corrected chi connectivity index (χ4v) is 1.76. The molecule has 5 heteroatoms. The summed E-state index contributed by atoms with van der Waals surface area (Å²) in [4.78, 5) is 0. The lowest BCUT2D eigenvalue weighted by Crippen LogP contribution is -2.07. The minimum atomic E-state index is -2.85. The first kappa shape index (κ1) is 13.8. The van der Waals surface area contributed by atoms with E-state index in [2.05, 4.69) is 10.1 Å². The van der Waals surface area contributed by atoms with Crippen LogP contribution in [-0.2, 0) is 6.54 Å². The van der Waals surface area contributed by atoms with Crippen molar-refractivity contribution in [2.24, 2.45) is 0 Å². The topological polar surface area (TPSA) is 45.0 Å². The average Bonchev–Trinajstić information content (AvgIpc) is 2.46. The molecule has 0 spiro atoms. The Morgan fingerprint density at radius 2 is 1.95 bits per heavy atom. The van der Waals surface area contributed by atoms with Gasteiger partial charge < -0.3 is 10.1 Å². The van der Waals surface area contributed by atoms with Gasteiger partial charge in [0.2, 0.25) is 0 Å². The molecular weight excluding hydrogens is 262 g/mol. The van der Waals surface area contributed by atoms with Crippen LogP contribution in [-0.4, -0.2) is 6.61 Å². The predicted octanol–water partition coefficient (Wildman–Crippen LogP) is 3.77. The van der Waals surface area contributed by atoms with Gasteiger partial charge >= 0.3 is 6.61 Å². The number of hydrogen-bond donors (Lipinski definition) is 1. The first-order valence-corrected chi connectivity index (χ1v) is 5.96. The summed E-state index contributed by atoms with van der Waals surface area (Å²) in [6.45, 7) is -2.52. The van der Waals surface area contributed by atoms with Gasteiger partial charge in [-0.05, 0) is 24.3 Å². The highest BCUT2D eigenvalue weighted by Gasteiger charge is 2.08. The first-order valence-electron chi connectivity index (χ1n) is 5.96. The third kappa shape index (κ3) is 3.69. The zero-order valence-electron chi connectivity index (χ0n) is 10.5. The second-order valence-electron chi connectivity index (χ2n) is 4.03. The van der Waals surface area contributed by atoms with Gasteiger partial charge in [0.1, 0.15) is 5.75 Å². The second-order valence-corrected chi connectivity index (χ2v) is 4.03. The van der Waals surface area contributed by atoms with E-state index in [1.165, 1.54) is 6.07 Å². The lowest BCUT2D eigenvalue weighted by atomic mass is 10.2. The summed E-state index contributed by atoms with van der Waals surface area (Å²) in [6.07, 6.45) is 0. The van der Waals surface area contributed by atoms with E-state index in [9.17, 15) is 8.78 Å². The highest BCUT2D eigenvalue weighted by molar-refractivity contribution is 5.50. The smallest absolute Gasteiger partial charge is 0.387 e. The van der Waals surface area contributed by atoms with Gasteiger partial charge in [-0.25, -0.2) is 0 Å². The molecule has 0 radical (unpaired) electrons. The number of halogens is 2. The molecule has 0 unspecified atom stereocenters. The van der Waals surface area contributed by atoms with Crippen LogP contribution in [0.25, 0.3) is 0 Å².